The topological polar surface area (TPSA) is 84.7 Å². The fraction of sp³-hybridized carbons (Fsp3) is 0.160. The number of rotatable bonds is 4. The van der Waals surface area contributed by atoms with Crippen LogP contribution < -0.4 is 0 Å². The van der Waals surface area contributed by atoms with Crippen LogP contribution in [0, 0.1) is 6.92 Å². The molecule has 0 aliphatic rings. The van der Waals surface area contributed by atoms with Crippen molar-refractivity contribution in [2.45, 2.75) is 26.7 Å². The summed E-state index contributed by atoms with van der Waals surface area (Å²) in [5.41, 5.74) is 7.33. The molecule has 5 rings (SSSR count). The van der Waals surface area contributed by atoms with E-state index in [9.17, 15) is 9.90 Å². The fourth-order valence-corrected chi connectivity index (χ4v) is 4.90. The molecule has 6 heteroatoms. The highest BCUT2D eigenvalue weighted by Crippen LogP contribution is 2.46. The number of aromatic nitrogens is 3. The van der Waals surface area contributed by atoms with E-state index in [1.165, 1.54) is 0 Å². The number of fused-ring (bicyclic) bond motifs is 2. The average molecular weight is 432 g/mol. The summed E-state index contributed by atoms with van der Waals surface area (Å²) < 4.78 is 0. The third-order valence-electron chi connectivity index (χ3n) is 5.96. The normalized spacial score (nSPS) is 11.8. The highest BCUT2D eigenvalue weighted by Gasteiger charge is 2.29. The minimum absolute atomic E-state index is 0.0632. The zero-order chi connectivity index (χ0) is 21.9. The number of H-pyrrole nitrogens is 3. The van der Waals surface area contributed by atoms with E-state index in [4.69, 9.17) is 11.6 Å². The number of hydrogen-bond donors (Lipinski definition) is 4. The molecule has 3 aromatic heterocycles. The summed E-state index contributed by atoms with van der Waals surface area (Å²) in [6.07, 6.45) is 3.75. The maximum absolute atomic E-state index is 12.4. The first kappa shape index (κ1) is 19.5. The first-order valence-electron chi connectivity index (χ1n) is 10.2. The van der Waals surface area contributed by atoms with Crippen LogP contribution in [-0.2, 0) is 0 Å². The quantitative estimate of drug-likeness (QED) is 0.245. The largest absolute Gasteiger partial charge is 0.477 e. The Morgan fingerprint density at radius 1 is 0.903 bits per heavy atom. The number of aromatic amines is 3. The van der Waals surface area contributed by atoms with Gasteiger partial charge in [0.2, 0.25) is 0 Å². The minimum Gasteiger partial charge on any atom is -0.477 e. The average Bonchev–Trinajstić information content (AvgIpc) is 3.45. The first-order chi connectivity index (χ1) is 14.9. The van der Waals surface area contributed by atoms with Crippen LogP contribution in [0.2, 0.25) is 5.02 Å². The number of aryl methyl sites for hydroxylation is 1. The number of carboxylic acid groups (broad SMARTS) is 1. The maximum Gasteiger partial charge on any atom is 0.352 e. The molecule has 0 atom stereocenters. The highest BCUT2D eigenvalue weighted by molar-refractivity contribution is 6.35. The van der Waals surface area contributed by atoms with Gasteiger partial charge in [0.15, 0.2) is 0 Å². The van der Waals surface area contributed by atoms with Gasteiger partial charge in [-0.3, -0.25) is 0 Å². The highest BCUT2D eigenvalue weighted by atomic mass is 35.5. The molecule has 0 unspecified atom stereocenters. The van der Waals surface area contributed by atoms with Crippen LogP contribution >= 0.6 is 11.6 Å². The van der Waals surface area contributed by atoms with Crippen LogP contribution in [0.1, 0.15) is 41.4 Å². The zero-order valence-corrected chi connectivity index (χ0v) is 18.2. The van der Waals surface area contributed by atoms with Gasteiger partial charge in [-0.2, -0.15) is 0 Å². The summed E-state index contributed by atoms with van der Waals surface area (Å²) in [5, 5.41) is 12.6. The summed E-state index contributed by atoms with van der Waals surface area (Å²) in [6.45, 7) is 6.21. The SMILES string of the molecule is Cc1ccc2[nH]ccc2c1-c1[nH]c(C(=O)O)c(-c2c(Cl)ccc3[nH]ccc23)c1C(C)C. The van der Waals surface area contributed by atoms with Crippen LogP contribution in [0.3, 0.4) is 0 Å². The van der Waals surface area contributed by atoms with Crippen molar-refractivity contribution in [2.24, 2.45) is 0 Å². The molecule has 5 aromatic rings. The Kier molecular flexibility index (Phi) is 4.45. The van der Waals surface area contributed by atoms with Crippen molar-refractivity contribution in [1.29, 1.82) is 0 Å². The molecule has 31 heavy (non-hydrogen) atoms. The van der Waals surface area contributed by atoms with Crippen molar-refractivity contribution < 1.29 is 9.90 Å². The van der Waals surface area contributed by atoms with Crippen molar-refractivity contribution in [3.05, 3.63) is 70.6 Å². The van der Waals surface area contributed by atoms with Crippen molar-refractivity contribution in [2.75, 3.05) is 0 Å². The van der Waals surface area contributed by atoms with Gasteiger partial charge in [-0.1, -0.05) is 31.5 Å². The molecule has 0 saturated carbocycles. The zero-order valence-electron chi connectivity index (χ0n) is 17.4. The molecule has 0 fully saturated rings. The standard InChI is InChI=1S/C25H22ClN3O2/c1-12(2)19-22(21-15-9-11-28-18(15)7-5-16(21)26)24(25(30)31)29-23(19)20-13(3)4-6-17-14(20)8-10-27-17/h4-12,27-29H,1-3H3,(H,30,31). The number of benzene rings is 2. The number of hydrogen-bond acceptors (Lipinski definition) is 1. The minimum atomic E-state index is -1.01. The third-order valence-corrected chi connectivity index (χ3v) is 6.27. The molecular formula is C25H22ClN3O2. The molecule has 5 nitrogen and oxygen atoms in total. The fourth-order valence-electron chi connectivity index (χ4n) is 4.64. The predicted octanol–water partition coefficient (Wildman–Crippen LogP) is 7.09. The molecule has 0 amide bonds. The van der Waals surface area contributed by atoms with Crippen LogP contribution in [0.5, 0.6) is 0 Å². The van der Waals surface area contributed by atoms with Gasteiger partial charge in [0, 0.05) is 55.9 Å². The second-order valence-corrected chi connectivity index (χ2v) is 8.59. The summed E-state index contributed by atoms with van der Waals surface area (Å²) in [5.74, 6) is -0.945. The molecule has 2 aromatic carbocycles. The second kappa shape index (κ2) is 7.06. The lowest BCUT2D eigenvalue weighted by Crippen LogP contribution is -2.00. The van der Waals surface area contributed by atoms with Gasteiger partial charge in [-0.05, 0) is 54.3 Å². The van der Waals surface area contributed by atoms with E-state index in [0.29, 0.717) is 10.6 Å². The molecule has 3 heterocycles. The molecule has 0 spiro atoms. The summed E-state index contributed by atoms with van der Waals surface area (Å²) in [6, 6.07) is 11.8. The van der Waals surface area contributed by atoms with Crippen molar-refractivity contribution in [3.8, 4) is 22.4 Å². The molecule has 0 saturated heterocycles. The summed E-state index contributed by atoms with van der Waals surface area (Å²) in [4.78, 5) is 22.1. The van der Waals surface area contributed by atoms with E-state index >= 15 is 0 Å². The molecule has 156 valence electrons. The Balaban J connectivity index is 1.95. The van der Waals surface area contributed by atoms with Crippen LogP contribution in [0.15, 0.2) is 48.8 Å². The van der Waals surface area contributed by atoms with Gasteiger partial charge in [-0.15, -0.1) is 0 Å². The van der Waals surface area contributed by atoms with Gasteiger partial charge in [0.05, 0.1) is 5.69 Å². The van der Waals surface area contributed by atoms with Gasteiger partial charge in [-0.25, -0.2) is 4.79 Å². The number of halogens is 1. The number of carboxylic acids is 1. The van der Waals surface area contributed by atoms with Crippen molar-refractivity contribution >= 4 is 39.4 Å². The Hall–Kier alpha value is -3.44. The van der Waals surface area contributed by atoms with E-state index in [1.807, 2.05) is 49.6 Å². The van der Waals surface area contributed by atoms with Crippen LogP contribution in [0.4, 0.5) is 0 Å². The lowest BCUT2D eigenvalue weighted by atomic mass is 9.88. The van der Waals surface area contributed by atoms with Gasteiger partial charge >= 0.3 is 5.97 Å². The predicted molar refractivity (Wildman–Crippen MR) is 126 cm³/mol. The van der Waals surface area contributed by atoms with E-state index in [1.54, 1.807) is 0 Å². The molecule has 0 aliphatic carbocycles. The smallest absolute Gasteiger partial charge is 0.352 e. The number of carbonyl (C=O) groups is 1. The van der Waals surface area contributed by atoms with Gasteiger partial charge < -0.3 is 20.1 Å². The Labute approximate surface area is 184 Å². The van der Waals surface area contributed by atoms with E-state index in [2.05, 4.69) is 34.9 Å². The lowest BCUT2D eigenvalue weighted by Gasteiger charge is -2.15. The number of aromatic carboxylic acids is 1. The van der Waals surface area contributed by atoms with Gasteiger partial charge in [0.25, 0.3) is 0 Å². The second-order valence-electron chi connectivity index (χ2n) is 8.18. The molecule has 0 bridgehead atoms. The Bertz CT molecular complexity index is 1470. The van der Waals surface area contributed by atoms with E-state index in [0.717, 1.165) is 49.8 Å². The molecule has 0 radical (unpaired) electrons. The Morgan fingerprint density at radius 2 is 1.52 bits per heavy atom. The monoisotopic (exact) mass is 431 g/mol. The first-order valence-corrected chi connectivity index (χ1v) is 10.6. The van der Waals surface area contributed by atoms with Crippen LogP contribution in [-0.4, -0.2) is 26.0 Å². The van der Waals surface area contributed by atoms with Crippen molar-refractivity contribution in [1.82, 2.24) is 15.0 Å². The maximum atomic E-state index is 12.4. The summed E-state index contributed by atoms with van der Waals surface area (Å²) in [7, 11) is 0. The van der Waals surface area contributed by atoms with Crippen molar-refractivity contribution in [3.63, 3.8) is 0 Å². The third kappa shape index (κ3) is 2.88. The van der Waals surface area contributed by atoms with Crippen LogP contribution in [0.25, 0.3) is 44.2 Å². The lowest BCUT2D eigenvalue weighted by molar-refractivity contribution is 0.0692. The Morgan fingerprint density at radius 3 is 2.13 bits per heavy atom. The molecule has 0 aliphatic heterocycles. The molecular weight excluding hydrogens is 410 g/mol. The number of nitrogens with one attached hydrogen (secondary N) is 3. The van der Waals surface area contributed by atoms with E-state index < -0.39 is 5.97 Å². The summed E-state index contributed by atoms with van der Waals surface area (Å²) >= 11 is 6.69. The molecule has 4 N–H and O–H groups in total. The van der Waals surface area contributed by atoms with E-state index in [-0.39, 0.29) is 11.6 Å². The van der Waals surface area contributed by atoms with Gasteiger partial charge in [0.1, 0.15) is 5.69 Å².